The molecule has 3 rings (SSSR count). The minimum absolute atomic E-state index is 0.212. The second kappa shape index (κ2) is 4.76. The molecular weight excluding hydrogens is 313 g/mol. The molecule has 1 heterocycles. The Hall–Kier alpha value is -1.14. The third kappa shape index (κ3) is 2.23. The molecule has 0 saturated heterocycles. The van der Waals surface area contributed by atoms with E-state index in [0.29, 0.717) is 15.9 Å². The lowest BCUT2D eigenvalue weighted by molar-refractivity contribution is 0.112. The Morgan fingerprint density at radius 3 is 2.68 bits per heavy atom. The summed E-state index contributed by atoms with van der Waals surface area (Å²) in [5.41, 5.74) is 7.38. The molecule has 0 spiro atoms. The van der Waals surface area contributed by atoms with E-state index < -0.39 is 0 Å². The first kappa shape index (κ1) is 12.9. The molecule has 1 aliphatic carbocycles. The number of nitrogen functional groups attached to an aromatic ring is 1. The lowest BCUT2D eigenvalue weighted by atomic mass is 9.93. The zero-order chi connectivity index (χ0) is 13.6. The number of fused-ring (bicyclic) bond motifs is 1. The summed E-state index contributed by atoms with van der Waals surface area (Å²) in [6.07, 6.45) is 3.06. The summed E-state index contributed by atoms with van der Waals surface area (Å²) in [7, 11) is 0. The van der Waals surface area contributed by atoms with E-state index in [9.17, 15) is 9.50 Å². The predicted octanol–water partition coefficient (Wildman–Crippen LogP) is 3.00. The number of hydrogen-bond acceptors (Lipinski definition) is 3. The van der Waals surface area contributed by atoms with Crippen LogP contribution >= 0.6 is 15.9 Å². The van der Waals surface area contributed by atoms with Crippen molar-refractivity contribution in [3.05, 3.63) is 22.4 Å². The first-order valence-corrected chi connectivity index (χ1v) is 7.16. The molecule has 1 saturated carbocycles. The Labute approximate surface area is 118 Å². The molecule has 4 nitrogen and oxygen atoms in total. The average Bonchev–Trinajstić information content (AvgIpc) is 2.67. The topological polar surface area (TPSA) is 64.1 Å². The van der Waals surface area contributed by atoms with Crippen molar-refractivity contribution in [3.63, 3.8) is 0 Å². The highest BCUT2D eigenvalue weighted by atomic mass is 79.9. The first-order valence-electron chi connectivity index (χ1n) is 6.37. The first-order chi connectivity index (χ1) is 9.06. The van der Waals surface area contributed by atoms with Crippen LogP contribution in [-0.4, -0.2) is 20.8 Å². The SMILES string of the molecule is Nc1nc2cc(F)c(Br)cc2n1C1CCC(O)CC1. The summed E-state index contributed by atoms with van der Waals surface area (Å²) >= 11 is 3.20. The molecule has 6 heteroatoms. The van der Waals surface area contributed by atoms with Crippen LogP contribution in [0, 0.1) is 5.82 Å². The molecule has 1 fully saturated rings. The predicted molar refractivity (Wildman–Crippen MR) is 75.3 cm³/mol. The Kier molecular flexibility index (Phi) is 3.22. The standard InChI is InChI=1S/C13H15BrFN3O/c14-9-5-12-11(6-10(9)15)17-13(16)18(12)7-1-3-8(19)4-2-7/h5-8,19H,1-4H2,(H2,16,17). The Morgan fingerprint density at radius 1 is 1.32 bits per heavy atom. The average molecular weight is 328 g/mol. The summed E-state index contributed by atoms with van der Waals surface area (Å²) in [6.45, 7) is 0. The van der Waals surface area contributed by atoms with Gasteiger partial charge in [-0.25, -0.2) is 9.37 Å². The molecule has 102 valence electrons. The number of hydrogen-bond donors (Lipinski definition) is 2. The van der Waals surface area contributed by atoms with Gasteiger partial charge in [-0.2, -0.15) is 0 Å². The van der Waals surface area contributed by atoms with E-state index in [2.05, 4.69) is 20.9 Å². The fourth-order valence-corrected chi connectivity index (χ4v) is 3.14. The minimum atomic E-state index is -0.337. The highest BCUT2D eigenvalue weighted by Gasteiger charge is 2.24. The maximum atomic E-state index is 13.5. The van der Waals surface area contributed by atoms with Gasteiger partial charge in [0.25, 0.3) is 0 Å². The Balaban J connectivity index is 2.07. The van der Waals surface area contributed by atoms with Crippen molar-refractivity contribution in [2.24, 2.45) is 0 Å². The monoisotopic (exact) mass is 327 g/mol. The lowest BCUT2D eigenvalue weighted by Gasteiger charge is -2.27. The van der Waals surface area contributed by atoms with Gasteiger partial charge in [-0.3, -0.25) is 0 Å². The van der Waals surface area contributed by atoms with E-state index >= 15 is 0 Å². The molecule has 0 amide bonds. The summed E-state index contributed by atoms with van der Waals surface area (Å²) in [5, 5.41) is 9.57. The van der Waals surface area contributed by atoms with Crippen molar-refractivity contribution in [1.29, 1.82) is 0 Å². The van der Waals surface area contributed by atoms with Crippen molar-refractivity contribution in [2.75, 3.05) is 5.73 Å². The number of benzene rings is 1. The van der Waals surface area contributed by atoms with E-state index in [1.807, 2.05) is 4.57 Å². The van der Waals surface area contributed by atoms with Crippen molar-refractivity contribution in [1.82, 2.24) is 9.55 Å². The van der Waals surface area contributed by atoms with Crippen LogP contribution in [0.3, 0.4) is 0 Å². The van der Waals surface area contributed by atoms with Gasteiger partial charge >= 0.3 is 0 Å². The van der Waals surface area contributed by atoms with Gasteiger partial charge in [0, 0.05) is 12.1 Å². The van der Waals surface area contributed by atoms with E-state index in [1.54, 1.807) is 6.07 Å². The van der Waals surface area contributed by atoms with Crippen LogP contribution in [0.2, 0.25) is 0 Å². The number of aliphatic hydroxyl groups is 1. The molecule has 19 heavy (non-hydrogen) atoms. The van der Waals surface area contributed by atoms with Gasteiger partial charge in [-0.1, -0.05) is 0 Å². The van der Waals surface area contributed by atoms with Crippen LogP contribution in [-0.2, 0) is 0 Å². The van der Waals surface area contributed by atoms with Crippen LogP contribution in [0.15, 0.2) is 16.6 Å². The van der Waals surface area contributed by atoms with Crippen LogP contribution in [0.1, 0.15) is 31.7 Å². The van der Waals surface area contributed by atoms with Gasteiger partial charge in [0.15, 0.2) is 0 Å². The maximum Gasteiger partial charge on any atom is 0.201 e. The number of aliphatic hydroxyl groups excluding tert-OH is 1. The molecule has 0 atom stereocenters. The van der Waals surface area contributed by atoms with Gasteiger partial charge in [-0.15, -0.1) is 0 Å². The van der Waals surface area contributed by atoms with Crippen molar-refractivity contribution < 1.29 is 9.50 Å². The molecule has 2 aromatic rings. The van der Waals surface area contributed by atoms with Gasteiger partial charge in [0.05, 0.1) is 21.6 Å². The Morgan fingerprint density at radius 2 is 2.00 bits per heavy atom. The quantitative estimate of drug-likeness (QED) is 0.846. The lowest BCUT2D eigenvalue weighted by Crippen LogP contribution is -2.22. The maximum absolute atomic E-state index is 13.5. The fraction of sp³-hybridized carbons (Fsp3) is 0.462. The summed E-state index contributed by atoms with van der Waals surface area (Å²) < 4.78 is 15.9. The summed E-state index contributed by atoms with van der Waals surface area (Å²) in [4.78, 5) is 4.23. The van der Waals surface area contributed by atoms with Gasteiger partial charge in [0.1, 0.15) is 5.82 Å². The van der Waals surface area contributed by atoms with Crippen LogP contribution < -0.4 is 5.73 Å². The smallest absolute Gasteiger partial charge is 0.201 e. The molecule has 3 N–H and O–H groups in total. The molecule has 0 bridgehead atoms. The van der Waals surface area contributed by atoms with Crippen molar-refractivity contribution in [3.8, 4) is 0 Å². The number of anilines is 1. The number of rotatable bonds is 1. The van der Waals surface area contributed by atoms with Gasteiger partial charge in [-0.05, 0) is 47.7 Å². The molecular formula is C13H15BrFN3O. The van der Waals surface area contributed by atoms with E-state index in [4.69, 9.17) is 5.73 Å². The number of imidazole rings is 1. The van der Waals surface area contributed by atoms with E-state index in [-0.39, 0.29) is 18.0 Å². The number of halogens is 2. The fourth-order valence-electron chi connectivity index (χ4n) is 2.81. The molecule has 0 unspecified atom stereocenters. The molecule has 1 aromatic carbocycles. The summed E-state index contributed by atoms with van der Waals surface area (Å²) in [5.74, 6) is 0.0742. The zero-order valence-electron chi connectivity index (χ0n) is 10.3. The van der Waals surface area contributed by atoms with Crippen LogP contribution in [0.5, 0.6) is 0 Å². The molecule has 0 aliphatic heterocycles. The van der Waals surface area contributed by atoms with Gasteiger partial charge < -0.3 is 15.4 Å². The largest absolute Gasteiger partial charge is 0.393 e. The third-order valence-electron chi connectivity index (χ3n) is 3.79. The Bertz CT molecular complexity index is 620. The van der Waals surface area contributed by atoms with Crippen molar-refractivity contribution >= 4 is 32.9 Å². The normalized spacial score (nSPS) is 23.9. The summed E-state index contributed by atoms with van der Waals surface area (Å²) in [6, 6.07) is 3.34. The number of nitrogens with zero attached hydrogens (tertiary/aromatic N) is 2. The van der Waals surface area contributed by atoms with E-state index in [1.165, 1.54) is 6.07 Å². The highest BCUT2D eigenvalue weighted by molar-refractivity contribution is 9.10. The van der Waals surface area contributed by atoms with Crippen LogP contribution in [0.4, 0.5) is 10.3 Å². The molecule has 0 radical (unpaired) electrons. The highest BCUT2D eigenvalue weighted by Crippen LogP contribution is 2.34. The number of nitrogens with two attached hydrogens (primary N) is 1. The van der Waals surface area contributed by atoms with Crippen LogP contribution in [0.25, 0.3) is 11.0 Å². The molecule has 1 aliphatic rings. The third-order valence-corrected chi connectivity index (χ3v) is 4.40. The second-order valence-electron chi connectivity index (χ2n) is 5.06. The zero-order valence-corrected chi connectivity index (χ0v) is 11.9. The minimum Gasteiger partial charge on any atom is -0.393 e. The van der Waals surface area contributed by atoms with E-state index in [0.717, 1.165) is 31.2 Å². The van der Waals surface area contributed by atoms with Gasteiger partial charge in [0.2, 0.25) is 5.95 Å². The second-order valence-corrected chi connectivity index (χ2v) is 5.91. The molecule has 1 aromatic heterocycles. The van der Waals surface area contributed by atoms with Crippen molar-refractivity contribution in [2.45, 2.75) is 37.8 Å². The number of aromatic nitrogens is 2.